The van der Waals surface area contributed by atoms with E-state index >= 15 is 0 Å². The van der Waals surface area contributed by atoms with Gasteiger partial charge in [-0.2, -0.15) is 13.2 Å². The molecule has 1 N–H and O–H groups in total. The minimum absolute atomic E-state index is 0. The second kappa shape index (κ2) is 11.4. The summed E-state index contributed by atoms with van der Waals surface area (Å²) in [6.07, 6.45) is -1.53. The van der Waals surface area contributed by atoms with Crippen LogP contribution in [0.1, 0.15) is 19.3 Å². The molecule has 0 spiro atoms. The molecule has 0 aliphatic carbocycles. The van der Waals surface area contributed by atoms with Crippen LogP contribution < -0.4 is 5.32 Å². The Hall–Kier alpha value is -0.330. The van der Waals surface area contributed by atoms with Crippen molar-refractivity contribution in [3.05, 3.63) is 0 Å². The summed E-state index contributed by atoms with van der Waals surface area (Å²) in [6, 6.07) is 0. The molecule has 10 heteroatoms. The van der Waals surface area contributed by atoms with Gasteiger partial charge in [0.1, 0.15) is 12.7 Å². The first-order valence-corrected chi connectivity index (χ1v) is 8.33. The molecule has 0 bridgehead atoms. The van der Waals surface area contributed by atoms with Crippen LogP contribution in [0.15, 0.2) is 4.99 Å². The fourth-order valence-electron chi connectivity index (χ4n) is 2.88. The molecule has 2 aliphatic heterocycles. The first-order chi connectivity index (χ1) is 11.5. The zero-order valence-electron chi connectivity index (χ0n) is 14.4. The lowest BCUT2D eigenvalue weighted by Crippen LogP contribution is -2.53. The van der Waals surface area contributed by atoms with Crippen molar-refractivity contribution in [2.75, 3.05) is 53.1 Å². The van der Waals surface area contributed by atoms with Crippen molar-refractivity contribution in [3.63, 3.8) is 0 Å². The van der Waals surface area contributed by atoms with Gasteiger partial charge in [0, 0.05) is 39.9 Å². The Kier molecular flexibility index (Phi) is 10.4. The standard InChI is InChI=1S/C15H26F3N3O3.HI/c1-19-14(20-5-3-7-22-11-15(16,17)18)21-6-9-24-13(10-21)12-4-2-8-23-12;/h12-13H,2-11H2,1H3,(H,19,20);1H. The predicted molar refractivity (Wildman–Crippen MR) is 98.6 cm³/mol. The highest BCUT2D eigenvalue weighted by atomic mass is 127. The third kappa shape index (κ3) is 8.27. The van der Waals surface area contributed by atoms with Crippen LogP contribution >= 0.6 is 24.0 Å². The molecule has 0 amide bonds. The van der Waals surface area contributed by atoms with E-state index in [-0.39, 0.29) is 42.8 Å². The molecular formula is C15H27F3IN3O3. The third-order valence-electron chi connectivity index (χ3n) is 4.00. The number of nitrogens with zero attached hydrogens (tertiary/aromatic N) is 2. The Labute approximate surface area is 163 Å². The van der Waals surface area contributed by atoms with Crippen LogP contribution in [0.5, 0.6) is 0 Å². The molecule has 2 aliphatic rings. The van der Waals surface area contributed by atoms with Crippen LogP contribution in [0, 0.1) is 0 Å². The molecular weight excluding hydrogens is 454 g/mol. The third-order valence-corrected chi connectivity index (χ3v) is 4.00. The van der Waals surface area contributed by atoms with E-state index in [0.29, 0.717) is 26.1 Å². The zero-order chi connectivity index (χ0) is 17.4. The zero-order valence-corrected chi connectivity index (χ0v) is 16.7. The smallest absolute Gasteiger partial charge is 0.375 e. The number of guanidine groups is 1. The van der Waals surface area contributed by atoms with E-state index in [0.717, 1.165) is 32.0 Å². The van der Waals surface area contributed by atoms with E-state index in [1.807, 2.05) is 0 Å². The molecule has 2 rings (SSSR count). The summed E-state index contributed by atoms with van der Waals surface area (Å²) >= 11 is 0. The molecule has 0 radical (unpaired) electrons. The van der Waals surface area contributed by atoms with Crippen LogP contribution in [0.3, 0.4) is 0 Å². The lowest BCUT2D eigenvalue weighted by Gasteiger charge is -2.37. The Morgan fingerprint density at radius 1 is 1.28 bits per heavy atom. The minimum atomic E-state index is -4.27. The second-order valence-corrected chi connectivity index (χ2v) is 5.90. The van der Waals surface area contributed by atoms with Gasteiger partial charge in [-0.3, -0.25) is 4.99 Å². The van der Waals surface area contributed by atoms with E-state index in [4.69, 9.17) is 9.47 Å². The Bertz CT molecular complexity index is 407. The Morgan fingerprint density at radius 2 is 2.04 bits per heavy atom. The summed E-state index contributed by atoms with van der Waals surface area (Å²) in [5.41, 5.74) is 0. The van der Waals surface area contributed by atoms with Gasteiger partial charge in [-0.25, -0.2) is 0 Å². The molecule has 2 heterocycles. The number of nitrogens with one attached hydrogen (secondary N) is 1. The van der Waals surface area contributed by atoms with Gasteiger partial charge < -0.3 is 24.4 Å². The van der Waals surface area contributed by atoms with Gasteiger partial charge in [0.25, 0.3) is 0 Å². The maximum atomic E-state index is 12.0. The van der Waals surface area contributed by atoms with Crippen molar-refractivity contribution < 1.29 is 27.4 Å². The number of hydrogen-bond donors (Lipinski definition) is 1. The fourth-order valence-corrected chi connectivity index (χ4v) is 2.88. The number of alkyl halides is 3. The number of aliphatic imine (C=N–C) groups is 1. The van der Waals surface area contributed by atoms with Gasteiger partial charge in [-0.15, -0.1) is 24.0 Å². The monoisotopic (exact) mass is 481 g/mol. The highest BCUT2D eigenvalue weighted by molar-refractivity contribution is 14.0. The van der Waals surface area contributed by atoms with Gasteiger partial charge in [0.15, 0.2) is 5.96 Å². The number of ether oxygens (including phenoxy) is 3. The topological polar surface area (TPSA) is 55.3 Å². The van der Waals surface area contributed by atoms with Gasteiger partial charge in [0.2, 0.25) is 0 Å². The number of hydrogen-bond acceptors (Lipinski definition) is 4. The summed E-state index contributed by atoms with van der Waals surface area (Å²) in [6.45, 7) is 2.20. The lowest BCUT2D eigenvalue weighted by molar-refractivity contribution is -0.173. The lowest BCUT2D eigenvalue weighted by atomic mass is 10.1. The quantitative estimate of drug-likeness (QED) is 0.273. The molecule has 2 atom stereocenters. The largest absolute Gasteiger partial charge is 0.411 e. The second-order valence-electron chi connectivity index (χ2n) is 5.90. The Morgan fingerprint density at radius 3 is 2.68 bits per heavy atom. The maximum Gasteiger partial charge on any atom is 0.411 e. The van der Waals surface area contributed by atoms with Crippen LogP contribution in [-0.4, -0.2) is 82.4 Å². The number of rotatable bonds is 6. The maximum absolute atomic E-state index is 12.0. The molecule has 2 fully saturated rings. The normalized spacial score (nSPS) is 25.0. The van der Waals surface area contributed by atoms with Crippen molar-refractivity contribution in [1.29, 1.82) is 0 Å². The average molecular weight is 481 g/mol. The van der Waals surface area contributed by atoms with Crippen molar-refractivity contribution in [1.82, 2.24) is 10.2 Å². The van der Waals surface area contributed by atoms with Crippen molar-refractivity contribution in [3.8, 4) is 0 Å². The predicted octanol–water partition coefficient (Wildman–Crippen LogP) is 2.03. The van der Waals surface area contributed by atoms with Gasteiger partial charge in [-0.1, -0.05) is 0 Å². The molecule has 0 aromatic carbocycles. The highest BCUT2D eigenvalue weighted by Crippen LogP contribution is 2.21. The van der Waals surface area contributed by atoms with E-state index in [2.05, 4.69) is 19.9 Å². The summed E-state index contributed by atoms with van der Waals surface area (Å²) in [5.74, 6) is 0.733. The van der Waals surface area contributed by atoms with Crippen LogP contribution in [0.2, 0.25) is 0 Å². The van der Waals surface area contributed by atoms with Gasteiger partial charge in [0.05, 0.1) is 12.7 Å². The van der Waals surface area contributed by atoms with E-state index in [1.165, 1.54) is 0 Å². The molecule has 25 heavy (non-hydrogen) atoms. The van der Waals surface area contributed by atoms with Gasteiger partial charge >= 0.3 is 6.18 Å². The van der Waals surface area contributed by atoms with Crippen LogP contribution in [0.4, 0.5) is 13.2 Å². The van der Waals surface area contributed by atoms with Crippen LogP contribution in [-0.2, 0) is 14.2 Å². The van der Waals surface area contributed by atoms with E-state index < -0.39 is 12.8 Å². The fraction of sp³-hybridized carbons (Fsp3) is 0.933. The SMILES string of the molecule is CN=C(NCCCOCC(F)(F)F)N1CCOC(C2CCCO2)C1.I. The van der Waals surface area contributed by atoms with E-state index in [1.54, 1.807) is 7.05 Å². The summed E-state index contributed by atoms with van der Waals surface area (Å²) in [7, 11) is 1.69. The molecule has 2 saturated heterocycles. The Balaban J connectivity index is 0.00000312. The van der Waals surface area contributed by atoms with Crippen molar-refractivity contribution in [2.45, 2.75) is 37.6 Å². The van der Waals surface area contributed by atoms with Crippen molar-refractivity contribution >= 4 is 29.9 Å². The molecule has 148 valence electrons. The van der Waals surface area contributed by atoms with Gasteiger partial charge in [-0.05, 0) is 19.3 Å². The number of halogens is 4. The first-order valence-electron chi connectivity index (χ1n) is 8.33. The highest BCUT2D eigenvalue weighted by Gasteiger charge is 2.32. The summed E-state index contributed by atoms with van der Waals surface area (Å²) < 4.78 is 52.0. The average Bonchev–Trinajstić information content (AvgIpc) is 3.08. The molecule has 0 aromatic heterocycles. The number of morpholine rings is 1. The van der Waals surface area contributed by atoms with E-state index in [9.17, 15) is 13.2 Å². The van der Waals surface area contributed by atoms with Crippen molar-refractivity contribution in [2.24, 2.45) is 4.99 Å². The first kappa shape index (κ1) is 22.7. The molecule has 0 aromatic rings. The summed E-state index contributed by atoms with van der Waals surface area (Å²) in [5, 5.41) is 3.17. The minimum Gasteiger partial charge on any atom is -0.375 e. The molecule has 2 unspecified atom stereocenters. The van der Waals surface area contributed by atoms with Crippen LogP contribution in [0.25, 0.3) is 0 Å². The molecule has 0 saturated carbocycles. The summed E-state index contributed by atoms with van der Waals surface area (Å²) in [4.78, 5) is 6.35. The molecule has 6 nitrogen and oxygen atoms in total.